The molecule has 0 aromatic rings. The summed E-state index contributed by atoms with van der Waals surface area (Å²) >= 11 is 3.90. The summed E-state index contributed by atoms with van der Waals surface area (Å²) in [7, 11) is 0. The molecule has 3 heteroatoms. The van der Waals surface area contributed by atoms with Gasteiger partial charge in [0.25, 0.3) is 0 Å². The van der Waals surface area contributed by atoms with Crippen molar-refractivity contribution in [3.63, 3.8) is 0 Å². The molecule has 0 spiro atoms. The molecule has 0 aromatic carbocycles. The van der Waals surface area contributed by atoms with Gasteiger partial charge >= 0.3 is 0 Å². The molecule has 0 aliphatic carbocycles. The van der Waals surface area contributed by atoms with E-state index in [2.05, 4.69) is 19.9 Å². The normalized spacial score (nSPS) is 20.6. The SMILES string of the molecule is CCCCC[C@H](O)[C@H](C)C=C1SCCCS1. The molecule has 1 heterocycles. The minimum atomic E-state index is -0.151. The Morgan fingerprint density at radius 2 is 2.00 bits per heavy atom. The van der Waals surface area contributed by atoms with E-state index in [9.17, 15) is 5.11 Å². The van der Waals surface area contributed by atoms with Crippen LogP contribution in [0.15, 0.2) is 10.3 Å². The van der Waals surface area contributed by atoms with Gasteiger partial charge in [-0.2, -0.15) is 0 Å². The van der Waals surface area contributed by atoms with Crippen LogP contribution in [0.4, 0.5) is 0 Å². The molecule has 1 aliphatic heterocycles. The third kappa shape index (κ3) is 5.65. The van der Waals surface area contributed by atoms with Gasteiger partial charge in [0.15, 0.2) is 0 Å². The predicted octanol–water partition coefficient (Wildman–Crippen LogP) is 4.28. The van der Waals surface area contributed by atoms with Gasteiger partial charge in [0, 0.05) is 10.2 Å². The van der Waals surface area contributed by atoms with Crippen molar-refractivity contribution >= 4 is 23.5 Å². The summed E-state index contributed by atoms with van der Waals surface area (Å²) in [4.78, 5) is 0. The number of hydrogen-bond acceptors (Lipinski definition) is 3. The molecule has 0 aromatic heterocycles. The van der Waals surface area contributed by atoms with Crippen LogP contribution in [0.2, 0.25) is 0 Å². The van der Waals surface area contributed by atoms with Crippen LogP contribution in [0.1, 0.15) is 46.0 Å². The first kappa shape index (κ1) is 14.5. The summed E-state index contributed by atoms with van der Waals surface area (Å²) in [6.45, 7) is 4.34. The van der Waals surface area contributed by atoms with Crippen LogP contribution in [0.25, 0.3) is 0 Å². The molecular weight excluding hydrogens is 236 g/mol. The fourth-order valence-corrected chi connectivity index (χ4v) is 4.35. The topological polar surface area (TPSA) is 20.2 Å². The number of hydrogen-bond donors (Lipinski definition) is 1. The Bertz CT molecular complexity index is 208. The van der Waals surface area contributed by atoms with Crippen molar-refractivity contribution in [2.75, 3.05) is 11.5 Å². The van der Waals surface area contributed by atoms with Gasteiger partial charge in [-0.3, -0.25) is 0 Å². The molecule has 1 N–H and O–H groups in total. The molecule has 1 fully saturated rings. The van der Waals surface area contributed by atoms with Gasteiger partial charge < -0.3 is 5.11 Å². The van der Waals surface area contributed by atoms with Crippen LogP contribution < -0.4 is 0 Å². The Hall–Kier alpha value is 0.400. The first-order valence-corrected chi connectivity index (χ1v) is 8.36. The van der Waals surface area contributed by atoms with Gasteiger partial charge in [0.05, 0.1) is 6.10 Å². The van der Waals surface area contributed by atoms with Gasteiger partial charge in [-0.1, -0.05) is 39.2 Å². The average Bonchev–Trinajstić information content (AvgIpc) is 2.30. The zero-order valence-electron chi connectivity index (χ0n) is 10.4. The molecule has 16 heavy (non-hydrogen) atoms. The highest BCUT2D eigenvalue weighted by Gasteiger charge is 2.14. The molecule has 0 radical (unpaired) electrons. The quantitative estimate of drug-likeness (QED) is 0.720. The van der Waals surface area contributed by atoms with E-state index in [4.69, 9.17) is 0 Å². The summed E-state index contributed by atoms with van der Waals surface area (Å²) in [6.07, 6.45) is 8.02. The second kappa shape index (κ2) is 8.48. The molecular formula is C13H24OS2. The average molecular weight is 260 g/mol. The Balaban J connectivity index is 2.28. The molecule has 0 unspecified atom stereocenters. The van der Waals surface area contributed by atoms with E-state index in [1.54, 1.807) is 0 Å². The second-order valence-corrected chi connectivity index (χ2v) is 6.99. The van der Waals surface area contributed by atoms with Crippen molar-refractivity contribution in [2.45, 2.75) is 52.1 Å². The second-order valence-electron chi connectivity index (χ2n) is 4.46. The highest BCUT2D eigenvalue weighted by Crippen LogP contribution is 2.35. The number of rotatable bonds is 6. The van der Waals surface area contributed by atoms with E-state index in [-0.39, 0.29) is 6.10 Å². The molecule has 1 rings (SSSR count). The van der Waals surface area contributed by atoms with Gasteiger partial charge in [-0.25, -0.2) is 0 Å². The number of thioether (sulfide) groups is 2. The minimum absolute atomic E-state index is 0.151. The van der Waals surface area contributed by atoms with Crippen molar-refractivity contribution < 1.29 is 5.11 Å². The molecule has 94 valence electrons. The summed E-state index contributed by atoms with van der Waals surface area (Å²) in [6, 6.07) is 0. The maximum Gasteiger partial charge on any atom is 0.0600 e. The Morgan fingerprint density at radius 1 is 1.31 bits per heavy atom. The third-order valence-electron chi connectivity index (χ3n) is 2.89. The molecule has 0 bridgehead atoms. The van der Waals surface area contributed by atoms with Crippen molar-refractivity contribution in [1.29, 1.82) is 0 Å². The first-order valence-electron chi connectivity index (χ1n) is 6.39. The van der Waals surface area contributed by atoms with Crippen LogP contribution in [-0.4, -0.2) is 22.7 Å². The van der Waals surface area contributed by atoms with Crippen LogP contribution >= 0.6 is 23.5 Å². The first-order chi connectivity index (χ1) is 7.74. The van der Waals surface area contributed by atoms with E-state index in [0.717, 1.165) is 12.8 Å². The summed E-state index contributed by atoms with van der Waals surface area (Å²) in [5.74, 6) is 2.81. The maximum atomic E-state index is 10.0. The third-order valence-corrected chi connectivity index (χ3v) is 5.42. The van der Waals surface area contributed by atoms with Gasteiger partial charge in [-0.05, 0) is 24.3 Å². The zero-order chi connectivity index (χ0) is 11.8. The lowest BCUT2D eigenvalue weighted by Crippen LogP contribution is -2.15. The Morgan fingerprint density at radius 3 is 2.62 bits per heavy atom. The lowest BCUT2D eigenvalue weighted by atomic mass is 9.99. The molecule has 1 aliphatic rings. The van der Waals surface area contributed by atoms with Crippen molar-refractivity contribution in [2.24, 2.45) is 5.92 Å². The van der Waals surface area contributed by atoms with Crippen molar-refractivity contribution in [3.8, 4) is 0 Å². The highest BCUT2D eigenvalue weighted by atomic mass is 32.2. The maximum absolute atomic E-state index is 10.0. The smallest absolute Gasteiger partial charge is 0.0600 e. The number of aliphatic hydroxyl groups excluding tert-OH is 1. The van der Waals surface area contributed by atoms with Crippen LogP contribution in [-0.2, 0) is 0 Å². The van der Waals surface area contributed by atoms with Crippen molar-refractivity contribution in [1.82, 2.24) is 0 Å². The highest BCUT2D eigenvalue weighted by molar-refractivity contribution is 8.22. The van der Waals surface area contributed by atoms with Gasteiger partial charge in [-0.15, -0.1) is 23.5 Å². The van der Waals surface area contributed by atoms with Crippen LogP contribution in [0, 0.1) is 5.92 Å². The lowest BCUT2D eigenvalue weighted by Gasteiger charge is -2.19. The van der Waals surface area contributed by atoms with E-state index in [1.165, 1.54) is 35.0 Å². The summed E-state index contributed by atoms with van der Waals surface area (Å²) < 4.78 is 1.42. The minimum Gasteiger partial charge on any atom is -0.393 e. The molecule has 1 saturated heterocycles. The van der Waals surface area contributed by atoms with E-state index < -0.39 is 0 Å². The van der Waals surface area contributed by atoms with Crippen LogP contribution in [0.5, 0.6) is 0 Å². The summed E-state index contributed by atoms with van der Waals surface area (Å²) in [5.41, 5.74) is 0. The molecule has 1 nitrogen and oxygen atoms in total. The number of unbranched alkanes of at least 4 members (excludes halogenated alkanes) is 2. The fourth-order valence-electron chi connectivity index (χ4n) is 1.73. The van der Waals surface area contributed by atoms with E-state index in [0.29, 0.717) is 5.92 Å². The standard InChI is InChI=1S/C13H24OS2/c1-3-4-5-7-12(14)11(2)10-13-15-8-6-9-16-13/h10-12,14H,3-9H2,1-2H3/t11-,12+/m1/s1. The number of aliphatic hydroxyl groups is 1. The predicted molar refractivity (Wildman–Crippen MR) is 76.9 cm³/mol. The Kier molecular flexibility index (Phi) is 7.67. The Labute approximate surface area is 108 Å². The largest absolute Gasteiger partial charge is 0.393 e. The molecule has 2 atom stereocenters. The van der Waals surface area contributed by atoms with Crippen molar-refractivity contribution in [3.05, 3.63) is 10.3 Å². The molecule has 0 amide bonds. The summed E-state index contributed by atoms with van der Waals surface area (Å²) in [5, 5.41) is 10.0. The monoisotopic (exact) mass is 260 g/mol. The van der Waals surface area contributed by atoms with E-state index in [1.807, 2.05) is 23.5 Å². The zero-order valence-corrected chi connectivity index (χ0v) is 12.1. The molecule has 0 saturated carbocycles. The van der Waals surface area contributed by atoms with E-state index >= 15 is 0 Å². The van der Waals surface area contributed by atoms with Gasteiger partial charge in [0.2, 0.25) is 0 Å². The van der Waals surface area contributed by atoms with Crippen LogP contribution in [0.3, 0.4) is 0 Å². The fraction of sp³-hybridized carbons (Fsp3) is 0.846. The lowest BCUT2D eigenvalue weighted by molar-refractivity contribution is 0.125. The van der Waals surface area contributed by atoms with Gasteiger partial charge in [0.1, 0.15) is 0 Å².